The van der Waals surface area contributed by atoms with Crippen LogP contribution < -0.4 is 4.90 Å². The van der Waals surface area contributed by atoms with Crippen LogP contribution in [0.15, 0.2) is 168 Å². The second-order valence-electron chi connectivity index (χ2n) is 11.5. The van der Waals surface area contributed by atoms with Crippen molar-refractivity contribution in [1.29, 1.82) is 0 Å². The van der Waals surface area contributed by atoms with Gasteiger partial charge in [0.2, 0.25) is 0 Å². The third-order valence-corrected chi connectivity index (χ3v) is 10.6. The van der Waals surface area contributed by atoms with E-state index >= 15 is 0 Å². The van der Waals surface area contributed by atoms with Gasteiger partial charge in [-0.05, 0) is 83.9 Å². The molecular formula is C44H33BrN2S. The Morgan fingerprint density at radius 2 is 1.15 bits per heavy atom. The molecule has 2 aromatic heterocycles. The molecule has 0 radical (unpaired) electrons. The zero-order valence-corrected chi connectivity index (χ0v) is 29.2. The van der Waals surface area contributed by atoms with Gasteiger partial charge in [0.15, 0.2) is 0 Å². The second-order valence-corrected chi connectivity index (χ2v) is 13.5. The van der Waals surface area contributed by atoms with Gasteiger partial charge in [0.05, 0.1) is 11.0 Å². The molecule has 0 aliphatic heterocycles. The lowest BCUT2D eigenvalue weighted by atomic mass is 10.0. The fraction of sp³-hybridized carbons (Fsp3) is 0.0455. The first-order valence-electron chi connectivity index (χ1n) is 16.4. The maximum atomic E-state index is 3.77. The Balaban J connectivity index is 0.00000165. The maximum absolute atomic E-state index is 3.77. The molecule has 0 aliphatic rings. The number of aromatic nitrogens is 1. The monoisotopic (exact) mass is 700 g/mol. The van der Waals surface area contributed by atoms with E-state index in [0.717, 1.165) is 32.8 Å². The lowest BCUT2D eigenvalue weighted by molar-refractivity contribution is 1.18. The van der Waals surface area contributed by atoms with E-state index in [0.29, 0.717) is 0 Å². The summed E-state index contributed by atoms with van der Waals surface area (Å²) in [6, 6.07) is 59.1. The summed E-state index contributed by atoms with van der Waals surface area (Å²) < 4.78 is 6.15. The summed E-state index contributed by atoms with van der Waals surface area (Å²) in [6.45, 7) is 4.00. The third-order valence-electron chi connectivity index (χ3n) is 8.82. The molecule has 0 aliphatic carbocycles. The highest BCUT2D eigenvalue weighted by atomic mass is 79.9. The average Bonchev–Trinajstić information content (AvgIpc) is 3.67. The molecule has 232 valence electrons. The van der Waals surface area contributed by atoms with Crippen molar-refractivity contribution in [3.8, 4) is 16.8 Å². The van der Waals surface area contributed by atoms with Gasteiger partial charge in [-0.15, -0.1) is 11.3 Å². The van der Waals surface area contributed by atoms with Crippen LogP contribution in [-0.2, 0) is 0 Å². The van der Waals surface area contributed by atoms with Crippen LogP contribution in [0.2, 0.25) is 0 Å². The van der Waals surface area contributed by atoms with Gasteiger partial charge in [-0.3, -0.25) is 0 Å². The van der Waals surface area contributed by atoms with Crippen LogP contribution in [0.3, 0.4) is 0 Å². The van der Waals surface area contributed by atoms with Gasteiger partial charge in [-0.2, -0.15) is 0 Å². The Hall–Kier alpha value is -5.16. The van der Waals surface area contributed by atoms with Crippen molar-refractivity contribution in [2.45, 2.75) is 13.8 Å². The van der Waals surface area contributed by atoms with E-state index in [4.69, 9.17) is 0 Å². The topological polar surface area (TPSA) is 8.17 Å². The Kier molecular flexibility index (Phi) is 8.05. The number of fused-ring (bicyclic) bond motifs is 6. The molecule has 2 heterocycles. The predicted molar refractivity (Wildman–Crippen MR) is 213 cm³/mol. The standard InChI is InChI=1S/C42H27BrN2S.C2H6/c43-38-20-9-7-18-33(38)28-12-11-17-31(24-28)44(29-13-3-1-4-14-29)32-22-23-34-36-26-37-35-19-8-10-21-41(35)46-42(37)27-40(36)45(39(34)25-32)30-15-5-2-6-16-30;1-2/h1-27H;1-2H3. The Morgan fingerprint density at radius 1 is 0.479 bits per heavy atom. The van der Waals surface area contributed by atoms with E-state index < -0.39 is 0 Å². The van der Waals surface area contributed by atoms with Crippen LogP contribution in [0, 0.1) is 0 Å². The highest BCUT2D eigenvalue weighted by Gasteiger charge is 2.19. The highest BCUT2D eigenvalue weighted by molar-refractivity contribution is 9.10. The van der Waals surface area contributed by atoms with E-state index in [9.17, 15) is 0 Å². The molecule has 48 heavy (non-hydrogen) atoms. The van der Waals surface area contributed by atoms with Crippen molar-refractivity contribution in [3.63, 3.8) is 0 Å². The van der Waals surface area contributed by atoms with E-state index in [2.05, 4.69) is 189 Å². The fourth-order valence-corrected chi connectivity index (χ4v) is 8.38. The van der Waals surface area contributed by atoms with Gasteiger partial charge in [0, 0.05) is 58.2 Å². The molecule has 0 saturated carbocycles. The van der Waals surface area contributed by atoms with Crippen LogP contribution in [0.25, 0.3) is 58.8 Å². The molecule has 0 saturated heterocycles. The summed E-state index contributed by atoms with van der Waals surface area (Å²) in [4.78, 5) is 2.36. The molecular weight excluding hydrogens is 668 g/mol. The first kappa shape index (κ1) is 30.2. The number of nitrogens with zero attached hydrogens (tertiary/aromatic N) is 2. The normalized spacial score (nSPS) is 11.2. The molecule has 9 aromatic rings. The van der Waals surface area contributed by atoms with Gasteiger partial charge in [-0.1, -0.05) is 121 Å². The first-order chi connectivity index (χ1) is 23.7. The first-order valence-corrected chi connectivity index (χ1v) is 18.0. The molecule has 7 aromatic carbocycles. The molecule has 9 rings (SSSR count). The van der Waals surface area contributed by atoms with Crippen molar-refractivity contribution < 1.29 is 0 Å². The molecule has 0 amide bonds. The predicted octanol–water partition coefficient (Wildman–Crippen LogP) is 14.1. The van der Waals surface area contributed by atoms with Crippen molar-refractivity contribution in [1.82, 2.24) is 4.57 Å². The summed E-state index contributed by atoms with van der Waals surface area (Å²) in [5.74, 6) is 0. The van der Waals surface area contributed by atoms with Gasteiger partial charge in [0.1, 0.15) is 0 Å². The fourth-order valence-electron chi connectivity index (χ4n) is 6.75. The van der Waals surface area contributed by atoms with E-state index in [-0.39, 0.29) is 0 Å². The molecule has 0 atom stereocenters. The Labute approximate surface area is 293 Å². The number of rotatable bonds is 5. The Morgan fingerprint density at radius 3 is 1.96 bits per heavy atom. The summed E-state index contributed by atoms with van der Waals surface area (Å²) in [5.41, 5.74) is 9.22. The number of anilines is 3. The molecule has 0 bridgehead atoms. The minimum atomic E-state index is 1.08. The van der Waals surface area contributed by atoms with Gasteiger partial charge in [0.25, 0.3) is 0 Å². The number of para-hydroxylation sites is 2. The van der Waals surface area contributed by atoms with Crippen LogP contribution in [0.4, 0.5) is 17.1 Å². The van der Waals surface area contributed by atoms with Crippen LogP contribution in [0.5, 0.6) is 0 Å². The molecule has 2 nitrogen and oxygen atoms in total. The molecule has 0 N–H and O–H groups in total. The minimum absolute atomic E-state index is 1.08. The average molecular weight is 702 g/mol. The zero-order chi connectivity index (χ0) is 32.6. The molecule has 0 fully saturated rings. The SMILES string of the molecule is Brc1ccccc1-c1cccc(N(c2ccccc2)c2ccc3c4cc5c(cc4n(-c4ccccc4)c3c2)sc2ccccc25)c1.CC. The number of benzene rings is 7. The minimum Gasteiger partial charge on any atom is -0.310 e. The van der Waals surface area contributed by atoms with Crippen molar-refractivity contribution in [3.05, 3.63) is 168 Å². The van der Waals surface area contributed by atoms with E-state index in [1.165, 1.54) is 47.5 Å². The van der Waals surface area contributed by atoms with Crippen LogP contribution in [0.1, 0.15) is 13.8 Å². The summed E-state index contributed by atoms with van der Waals surface area (Å²) in [5, 5.41) is 5.15. The lowest BCUT2D eigenvalue weighted by Crippen LogP contribution is -2.10. The largest absolute Gasteiger partial charge is 0.310 e. The number of halogens is 1. The smallest absolute Gasteiger partial charge is 0.0561 e. The second kappa shape index (κ2) is 12.8. The van der Waals surface area contributed by atoms with Crippen LogP contribution >= 0.6 is 27.3 Å². The number of hydrogen-bond donors (Lipinski definition) is 0. The number of thiophene rings is 1. The summed E-state index contributed by atoms with van der Waals surface area (Å²) in [6.07, 6.45) is 0. The zero-order valence-electron chi connectivity index (χ0n) is 26.8. The molecule has 0 unspecified atom stereocenters. The molecule has 4 heteroatoms. The lowest BCUT2D eigenvalue weighted by Gasteiger charge is -2.26. The van der Waals surface area contributed by atoms with Crippen molar-refractivity contribution in [2.24, 2.45) is 0 Å². The van der Waals surface area contributed by atoms with Crippen molar-refractivity contribution in [2.75, 3.05) is 4.90 Å². The van der Waals surface area contributed by atoms with Crippen molar-refractivity contribution >= 4 is 86.3 Å². The molecule has 0 spiro atoms. The van der Waals surface area contributed by atoms with Gasteiger partial charge in [-0.25, -0.2) is 0 Å². The van der Waals surface area contributed by atoms with Gasteiger partial charge < -0.3 is 9.47 Å². The highest BCUT2D eigenvalue weighted by Crippen LogP contribution is 2.43. The quantitative estimate of drug-likeness (QED) is 0.173. The Bertz CT molecular complexity index is 2550. The summed E-state index contributed by atoms with van der Waals surface area (Å²) >= 11 is 5.64. The van der Waals surface area contributed by atoms with E-state index in [1.807, 2.05) is 25.2 Å². The number of hydrogen-bond acceptors (Lipinski definition) is 2. The van der Waals surface area contributed by atoms with E-state index in [1.54, 1.807) is 0 Å². The maximum Gasteiger partial charge on any atom is 0.0561 e. The summed E-state index contributed by atoms with van der Waals surface area (Å²) in [7, 11) is 0. The van der Waals surface area contributed by atoms with Gasteiger partial charge >= 0.3 is 0 Å². The third kappa shape index (κ3) is 5.18. The van der Waals surface area contributed by atoms with Crippen LogP contribution in [-0.4, -0.2) is 4.57 Å².